The summed E-state index contributed by atoms with van der Waals surface area (Å²) in [6.07, 6.45) is -0.736. The first-order valence-electron chi connectivity index (χ1n) is 9.14. The van der Waals surface area contributed by atoms with Gasteiger partial charge in [-0.2, -0.15) is 13.2 Å². The van der Waals surface area contributed by atoms with Crippen LogP contribution >= 0.6 is 0 Å². The van der Waals surface area contributed by atoms with Gasteiger partial charge in [0.15, 0.2) is 6.10 Å². The number of nitrogens with one attached hydrogen (secondary N) is 1. The summed E-state index contributed by atoms with van der Waals surface area (Å²) in [5, 5.41) is 2.37. The Morgan fingerprint density at radius 3 is 2.52 bits per heavy atom. The topological polar surface area (TPSA) is 38.3 Å². The van der Waals surface area contributed by atoms with Gasteiger partial charge in [-0.25, -0.2) is 0 Å². The molecule has 0 aromatic heterocycles. The molecule has 1 amide bonds. The largest absolute Gasteiger partial charge is 0.481 e. The molecule has 0 radical (unpaired) electrons. The molecule has 2 aromatic rings. The molecule has 0 spiro atoms. The number of hydrogen-bond acceptors (Lipinski definition) is 2. The first-order chi connectivity index (χ1) is 12.9. The highest BCUT2D eigenvalue weighted by Gasteiger charge is 2.34. The van der Waals surface area contributed by atoms with Gasteiger partial charge in [0.1, 0.15) is 5.75 Å². The number of amides is 1. The summed E-state index contributed by atoms with van der Waals surface area (Å²) in [7, 11) is 0. The molecular weight excluding hydrogens is 355 g/mol. The third kappa shape index (κ3) is 4.62. The number of rotatable bonds is 5. The minimum absolute atomic E-state index is 0.262. The van der Waals surface area contributed by atoms with E-state index in [1.165, 1.54) is 35.7 Å². The second-order valence-corrected chi connectivity index (χ2v) is 6.68. The van der Waals surface area contributed by atoms with E-state index in [0.717, 1.165) is 25.3 Å². The summed E-state index contributed by atoms with van der Waals surface area (Å²) in [6.45, 7) is 1.76. The Kier molecular flexibility index (Phi) is 5.73. The van der Waals surface area contributed by atoms with E-state index in [1.54, 1.807) is 6.92 Å². The molecule has 3 rings (SSSR count). The van der Waals surface area contributed by atoms with Crippen LogP contribution in [0.2, 0.25) is 0 Å². The third-order valence-electron chi connectivity index (χ3n) is 4.75. The molecule has 1 aliphatic rings. The van der Waals surface area contributed by atoms with Crippen LogP contribution in [0.3, 0.4) is 0 Å². The van der Waals surface area contributed by atoms with E-state index >= 15 is 0 Å². The lowest BCUT2D eigenvalue weighted by Gasteiger charge is -2.21. The Labute approximate surface area is 156 Å². The van der Waals surface area contributed by atoms with Crippen molar-refractivity contribution in [2.24, 2.45) is 0 Å². The van der Waals surface area contributed by atoms with Gasteiger partial charge in [-0.1, -0.05) is 25.1 Å². The van der Waals surface area contributed by atoms with Crippen molar-refractivity contribution in [2.45, 2.75) is 51.3 Å². The first-order valence-corrected chi connectivity index (χ1v) is 9.14. The average Bonchev–Trinajstić information content (AvgIpc) is 2.65. The number of ether oxygens (including phenoxy) is 1. The molecule has 0 unspecified atom stereocenters. The standard InChI is InChI=1S/C21H22F3NO2/c1-2-19(27-16-12-11-14-7-3-4-8-15(14)13-16)20(26)25-18-10-6-5-9-17(18)21(22,23)24/h5-6,9-13,19H,2-4,7-8H2,1H3,(H,25,26)/t19-/m0/s1. The Morgan fingerprint density at radius 2 is 1.81 bits per heavy atom. The second-order valence-electron chi connectivity index (χ2n) is 6.68. The summed E-state index contributed by atoms with van der Waals surface area (Å²) in [5.41, 5.74) is 1.38. The number of hydrogen-bond donors (Lipinski definition) is 1. The fourth-order valence-electron chi connectivity index (χ4n) is 3.32. The van der Waals surface area contributed by atoms with Crippen LogP contribution in [-0.4, -0.2) is 12.0 Å². The van der Waals surface area contributed by atoms with Crippen LogP contribution in [-0.2, 0) is 23.8 Å². The molecule has 3 nitrogen and oxygen atoms in total. The molecule has 0 saturated heterocycles. The van der Waals surface area contributed by atoms with Gasteiger partial charge in [-0.05, 0) is 67.5 Å². The van der Waals surface area contributed by atoms with Gasteiger partial charge in [0.25, 0.3) is 5.91 Å². The number of carbonyl (C=O) groups is 1. The number of aryl methyl sites for hydroxylation is 2. The van der Waals surface area contributed by atoms with E-state index in [0.29, 0.717) is 12.2 Å². The van der Waals surface area contributed by atoms with Crippen molar-refractivity contribution in [3.8, 4) is 5.75 Å². The number of alkyl halides is 3. The van der Waals surface area contributed by atoms with Gasteiger partial charge in [-0.3, -0.25) is 4.79 Å². The van der Waals surface area contributed by atoms with E-state index < -0.39 is 23.8 Å². The van der Waals surface area contributed by atoms with Crippen LogP contribution < -0.4 is 10.1 Å². The Bertz CT molecular complexity index is 817. The predicted octanol–water partition coefficient (Wildman–Crippen LogP) is 5.38. The summed E-state index contributed by atoms with van der Waals surface area (Å²) in [6, 6.07) is 10.7. The van der Waals surface area contributed by atoms with E-state index in [1.807, 2.05) is 18.2 Å². The molecule has 0 heterocycles. The van der Waals surface area contributed by atoms with E-state index in [-0.39, 0.29) is 5.69 Å². The molecule has 0 aliphatic heterocycles. The summed E-state index contributed by atoms with van der Waals surface area (Å²) in [4.78, 5) is 12.5. The molecule has 1 atom stereocenters. The van der Waals surface area contributed by atoms with Gasteiger partial charge >= 0.3 is 6.18 Å². The quantitative estimate of drug-likeness (QED) is 0.760. The Hall–Kier alpha value is -2.50. The van der Waals surface area contributed by atoms with Crippen molar-refractivity contribution >= 4 is 11.6 Å². The lowest BCUT2D eigenvalue weighted by Crippen LogP contribution is -2.33. The minimum atomic E-state index is -4.54. The highest BCUT2D eigenvalue weighted by Crippen LogP contribution is 2.34. The highest BCUT2D eigenvalue weighted by molar-refractivity contribution is 5.95. The van der Waals surface area contributed by atoms with Crippen LogP contribution in [0.25, 0.3) is 0 Å². The number of anilines is 1. The SMILES string of the molecule is CC[C@H](Oc1ccc2c(c1)CCCC2)C(=O)Nc1ccccc1C(F)(F)F. The van der Waals surface area contributed by atoms with Gasteiger partial charge in [0.05, 0.1) is 11.3 Å². The van der Waals surface area contributed by atoms with E-state index in [2.05, 4.69) is 5.32 Å². The maximum Gasteiger partial charge on any atom is 0.418 e. The predicted molar refractivity (Wildman–Crippen MR) is 97.9 cm³/mol. The lowest BCUT2D eigenvalue weighted by atomic mass is 9.92. The van der Waals surface area contributed by atoms with Gasteiger partial charge < -0.3 is 10.1 Å². The van der Waals surface area contributed by atoms with Crippen LogP contribution in [0.4, 0.5) is 18.9 Å². The van der Waals surface area contributed by atoms with E-state index in [9.17, 15) is 18.0 Å². The molecule has 0 saturated carbocycles. The molecule has 27 heavy (non-hydrogen) atoms. The van der Waals surface area contributed by atoms with Crippen molar-refractivity contribution in [3.63, 3.8) is 0 Å². The van der Waals surface area contributed by atoms with Crippen LogP contribution in [0.1, 0.15) is 42.9 Å². The number of benzene rings is 2. The first kappa shape index (κ1) is 19.3. The van der Waals surface area contributed by atoms with Crippen molar-refractivity contribution in [2.75, 3.05) is 5.32 Å². The van der Waals surface area contributed by atoms with Crippen molar-refractivity contribution in [1.82, 2.24) is 0 Å². The fourth-order valence-corrected chi connectivity index (χ4v) is 3.32. The van der Waals surface area contributed by atoms with Gasteiger partial charge in [-0.15, -0.1) is 0 Å². The molecule has 2 aromatic carbocycles. The Balaban J connectivity index is 1.74. The zero-order valence-corrected chi connectivity index (χ0v) is 15.1. The Morgan fingerprint density at radius 1 is 1.11 bits per heavy atom. The van der Waals surface area contributed by atoms with Crippen LogP contribution in [0.15, 0.2) is 42.5 Å². The normalized spacial score (nSPS) is 15.0. The molecule has 144 valence electrons. The second kappa shape index (κ2) is 8.03. The maximum absolute atomic E-state index is 13.1. The zero-order valence-electron chi connectivity index (χ0n) is 15.1. The number of carbonyl (C=O) groups excluding carboxylic acids is 1. The lowest BCUT2D eigenvalue weighted by molar-refractivity contribution is -0.137. The molecule has 0 bridgehead atoms. The van der Waals surface area contributed by atoms with Crippen molar-refractivity contribution in [1.29, 1.82) is 0 Å². The summed E-state index contributed by atoms with van der Waals surface area (Å²) >= 11 is 0. The number of fused-ring (bicyclic) bond motifs is 1. The molecule has 0 fully saturated rings. The molecule has 1 N–H and O–H groups in total. The third-order valence-corrected chi connectivity index (χ3v) is 4.75. The number of para-hydroxylation sites is 1. The minimum Gasteiger partial charge on any atom is -0.481 e. The summed E-state index contributed by atoms with van der Waals surface area (Å²) < 4.78 is 45.1. The van der Waals surface area contributed by atoms with Gasteiger partial charge in [0.2, 0.25) is 0 Å². The molecule has 1 aliphatic carbocycles. The van der Waals surface area contributed by atoms with E-state index in [4.69, 9.17) is 4.74 Å². The smallest absolute Gasteiger partial charge is 0.418 e. The maximum atomic E-state index is 13.1. The monoisotopic (exact) mass is 377 g/mol. The van der Waals surface area contributed by atoms with Crippen LogP contribution in [0, 0.1) is 0 Å². The number of halogens is 3. The molecule has 6 heteroatoms. The zero-order chi connectivity index (χ0) is 19.4. The summed E-state index contributed by atoms with van der Waals surface area (Å²) in [5.74, 6) is -0.0197. The van der Waals surface area contributed by atoms with Crippen molar-refractivity contribution < 1.29 is 22.7 Å². The van der Waals surface area contributed by atoms with Crippen LogP contribution in [0.5, 0.6) is 5.75 Å². The average molecular weight is 377 g/mol. The molecular formula is C21H22F3NO2. The van der Waals surface area contributed by atoms with Crippen molar-refractivity contribution in [3.05, 3.63) is 59.2 Å². The highest BCUT2D eigenvalue weighted by atomic mass is 19.4. The van der Waals surface area contributed by atoms with Gasteiger partial charge in [0, 0.05) is 0 Å². The fraction of sp³-hybridized carbons (Fsp3) is 0.381.